The average molecular weight is 333 g/mol. The second kappa shape index (κ2) is 6.30. The van der Waals surface area contributed by atoms with Crippen molar-refractivity contribution < 1.29 is 25.2 Å². The highest BCUT2D eigenvalue weighted by Crippen LogP contribution is 2.24. The van der Waals surface area contributed by atoms with E-state index >= 15 is 0 Å². The summed E-state index contributed by atoms with van der Waals surface area (Å²) < 4.78 is 6.39. The van der Waals surface area contributed by atoms with Gasteiger partial charge in [0.15, 0.2) is 0 Å². The fourth-order valence-corrected chi connectivity index (χ4v) is 2.46. The van der Waals surface area contributed by atoms with Gasteiger partial charge in [-0.1, -0.05) is 28.1 Å². The van der Waals surface area contributed by atoms with E-state index in [2.05, 4.69) is 15.9 Å². The van der Waals surface area contributed by atoms with E-state index in [0.717, 1.165) is 10.0 Å². The van der Waals surface area contributed by atoms with Gasteiger partial charge in [0.25, 0.3) is 0 Å². The second-order valence-corrected chi connectivity index (χ2v) is 5.61. The average Bonchev–Trinajstić information content (AvgIpc) is 2.42. The minimum absolute atomic E-state index is 0.398. The molecule has 0 saturated carbocycles. The highest BCUT2D eigenvalue weighted by Gasteiger charge is 2.43. The van der Waals surface area contributed by atoms with E-state index in [9.17, 15) is 15.3 Å². The van der Waals surface area contributed by atoms with Crippen molar-refractivity contribution in [2.45, 2.75) is 36.9 Å². The normalized spacial score (nSPS) is 35.3. The van der Waals surface area contributed by atoms with Crippen LogP contribution >= 0.6 is 15.9 Å². The van der Waals surface area contributed by atoms with Gasteiger partial charge in [0, 0.05) is 10.9 Å². The SMILES string of the molecule is OC[C@H]1OC(Cc2ccc(Br)cc2)[C@H](O)[C@@H](O)[C@@H]1O. The van der Waals surface area contributed by atoms with Gasteiger partial charge in [0.2, 0.25) is 0 Å². The minimum atomic E-state index is -1.31. The zero-order chi connectivity index (χ0) is 14.0. The smallest absolute Gasteiger partial charge is 0.111 e. The Morgan fingerprint density at radius 2 is 1.53 bits per heavy atom. The van der Waals surface area contributed by atoms with Crippen molar-refractivity contribution in [2.24, 2.45) is 0 Å². The molecule has 106 valence electrons. The van der Waals surface area contributed by atoms with Crippen molar-refractivity contribution >= 4 is 15.9 Å². The van der Waals surface area contributed by atoms with Gasteiger partial charge in [-0.2, -0.15) is 0 Å². The first kappa shape index (κ1) is 14.9. The molecule has 0 aliphatic carbocycles. The molecule has 5 atom stereocenters. The van der Waals surface area contributed by atoms with Gasteiger partial charge in [0.1, 0.15) is 24.4 Å². The quantitative estimate of drug-likeness (QED) is 0.617. The molecule has 0 amide bonds. The Morgan fingerprint density at radius 3 is 2.11 bits per heavy atom. The molecular formula is C13H17BrO5. The number of hydrogen-bond donors (Lipinski definition) is 4. The van der Waals surface area contributed by atoms with Gasteiger partial charge in [-0.15, -0.1) is 0 Å². The van der Waals surface area contributed by atoms with E-state index in [-0.39, 0.29) is 0 Å². The third kappa shape index (κ3) is 3.34. The highest BCUT2D eigenvalue weighted by atomic mass is 79.9. The third-order valence-corrected chi connectivity index (χ3v) is 3.87. The van der Waals surface area contributed by atoms with Crippen molar-refractivity contribution in [3.8, 4) is 0 Å². The highest BCUT2D eigenvalue weighted by molar-refractivity contribution is 9.10. The molecule has 19 heavy (non-hydrogen) atoms. The molecule has 1 aliphatic heterocycles. The summed E-state index contributed by atoms with van der Waals surface area (Å²) in [5, 5.41) is 38.4. The summed E-state index contributed by atoms with van der Waals surface area (Å²) >= 11 is 3.33. The molecule has 6 heteroatoms. The maximum atomic E-state index is 9.91. The molecule has 1 aromatic rings. The fraction of sp³-hybridized carbons (Fsp3) is 0.538. The third-order valence-electron chi connectivity index (χ3n) is 3.34. The van der Waals surface area contributed by atoms with Crippen LogP contribution in [0, 0.1) is 0 Å². The van der Waals surface area contributed by atoms with Crippen molar-refractivity contribution in [3.05, 3.63) is 34.3 Å². The zero-order valence-corrected chi connectivity index (χ0v) is 11.8. The minimum Gasteiger partial charge on any atom is -0.394 e. The largest absolute Gasteiger partial charge is 0.394 e. The van der Waals surface area contributed by atoms with Gasteiger partial charge < -0.3 is 25.2 Å². The van der Waals surface area contributed by atoms with Crippen molar-refractivity contribution in [2.75, 3.05) is 6.61 Å². The van der Waals surface area contributed by atoms with Crippen LogP contribution in [-0.4, -0.2) is 57.6 Å². The lowest BCUT2D eigenvalue weighted by molar-refractivity contribution is -0.228. The standard InChI is InChI=1S/C13H17BrO5/c14-8-3-1-7(2-4-8)5-9-11(16)13(18)12(17)10(6-15)19-9/h1-4,9-13,15-18H,5-6H2/t9?,10-,11+,12-,13-/m1/s1. The lowest BCUT2D eigenvalue weighted by atomic mass is 9.92. The van der Waals surface area contributed by atoms with Crippen LogP contribution in [0.15, 0.2) is 28.7 Å². The summed E-state index contributed by atoms with van der Waals surface area (Å²) in [4.78, 5) is 0. The number of halogens is 1. The topological polar surface area (TPSA) is 90.2 Å². The Hall–Kier alpha value is -0.500. The van der Waals surface area contributed by atoms with Crippen molar-refractivity contribution in [1.29, 1.82) is 0 Å². The molecule has 5 nitrogen and oxygen atoms in total. The van der Waals surface area contributed by atoms with Gasteiger partial charge in [-0.25, -0.2) is 0 Å². The summed E-state index contributed by atoms with van der Waals surface area (Å²) in [5.41, 5.74) is 0.938. The number of aliphatic hydroxyl groups excluding tert-OH is 4. The molecule has 1 saturated heterocycles. The molecule has 1 heterocycles. The molecule has 0 aromatic heterocycles. The van der Waals surface area contributed by atoms with E-state index in [1.165, 1.54) is 0 Å². The van der Waals surface area contributed by atoms with Crippen LogP contribution in [0.3, 0.4) is 0 Å². The van der Waals surface area contributed by atoms with E-state index in [1.807, 2.05) is 24.3 Å². The molecule has 0 spiro atoms. The van der Waals surface area contributed by atoms with Crippen LogP contribution in [0.5, 0.6) is 0 Å². The number of ether oxygens (including phenoxy) is 1. The molecule has 2 rings (SSSR count). The first-order valence-electron chi connectivity index (χ1n) is 6.08. The van der Waals surface area contributed by atoms with Crippen LogP contribution in [0.25, 0.3) is 0 Å². The van der Waals surface area contributed by atoms with Crippen molar-refractivity contribution in [3.63, 3.8) is 0 Å². The van der Waals surface area contributed by atoms with Gasteiger partial charge >= 0.3 is 0 Å². The fourth-order valence-electron chi connectivity index (χ4n) is 2.20. The van der Waals surface area contributed by atoms with Crippen LogP contribution in [0.2, 0.25) is 0 Å². The molecule has 1 aromatic carbocycles. The molecule has 1 fully saturated rings. The van der Waals surface area contributed by atoms with Crippen LogP contribution in [0.4, 0.5) is 0 Å². The summed E-state index contributed by atoms with van der Waals surface area (Å²) in [6.07, 6.45) is -4.90. The van der Waals surface area contributed by atoms with Gasteiger partial charge in [0.05, 0.1) is 12.7 Å². The Kier molecular flexibility index (Phi) is 4.94. The summed E-state index contributed by atoms with van der Waals surface area (Å²) in [5.74, 6) is 0. The molecular weight excluding hydrogens is 316 g/mol. The Labute approximate surface area is 119 Å². The Bertz CT molecular complexity index is 408. The summed E-state index contributed by atoms with van der Waals surface area (Å²) in [7, 11) is 0. The lowest BCUT2D eigenvalue weighted by Gasteiger charge is -2.40. The Morgan fingerprint density at radius 1 is 0.947 bits per heavy atom. The van der Waals surface area contributed by atoms with Gasteiger partial charge in [-0.3, -0.25) is 0 Å². The summed E-state index contributed by atoms with van der Waals surface area (Å²) in [6, 6.07) is 7.51. The lowest BCUT2D eigenvalue weighted by Crippen LogP contribution is -2.58. The van der Waals surface area contributed by atoms with Crippen molar-refractivity contribution in [1.82, 2.24) is 0 Å². The van der Waals surface area contributed by atoms with Crippen LogP contribution in [0.1, 0.15) is 5.56 Å². The number of rotatable bonds is 3. The molecule has 4 N–H and O–H groups in total. The van der Waals surface area contributed by atoms with E-state index < -0.39 is 37.1 Å². The van der Waals surface area contributed by atoms with E-state index in [0.29, 0.717) is 6.42 Å². The first-order valence-corrected chi connectivity index (χ1v) is 6.87. The first-order chi connectivity index (χ1) is 9.02. The van der Waals surface area contributed by atoms with Crippen LogP contribution < -0.4 is 0 Å². The molecule has 0 bridgehead atoms. The van der Waals surface area contributed by atoms with Crippen LogP contribution in [-0.2, 0) is 11.2 Å². The maximum absolute atomic E-state index is 9.91. The van der Waals surface area contributed by atoms with E-state index in [1.54, 1.807) is 0 Å². The second-order valence-electron chi connectivity index (χ2n) is 4.70. The summed E-state index contributed by atoms with van der Waals surface area (Å²) in [6.45, 7) is -0.401. The predicted octanol–water partition coefficient (Wildman–Crippen LogP) is -0.166. The maximum Gasteiger partial charge on any atom is 0.111 e. The zero-order valence-electron chi connectivity index (χ0n) is 10.2. The number of aliphatic hydroxyl groups is 4. The monoisotopic (exact) mass is 332 g/mol. The van der Waals surface area contributed by atoms with E-state index in [4.69, 9.17) is 9.84 Å². The Balaban J connectivity index is 2.08. The predicted molar refractivity (Wildman–Crippen MR) is 71.6 cm³/mol. The molecule has 1 unspecified atom stereocenters. The van der Waals surface area contributed by atoms with Gasteiger partial charge in [-0.05, 0) is 17.7 Å². The molecule has 0 radical (unpaired) electrons. The number of benzene rings is 1. The molecule has 1 aliphatic rings. The number of hydrogen-bond acceptors (Lipinski definition) is 5.